The van der Waals surface area contributed by atoms with Crippen molar-refractivity contribution < 1.29 is 9.59 Å². The van der Waals surface area contributed by atoms with Gasteiger partial charge in [-0.25, -0.2) is 0 Å². The summed E-state index contributed by atoms with van der Waals surface area (Å²) in [6.45, 7) is 11.9. The van der Waals surface area contributed by atoms with E-state index in [-0.39, 0.29) is 17.9 Å². The van der Waals surface area contributed by atoms with Crippen molar-refractivity contribution in [2.45, 2.75) is 53.6 Å². The van der Waals surface area contributed by atoms with E-state index in [2.05, 4.69) is 29.8 Å². The van der Waals surface area contributed by atoms with Gasteiger partial charge in [0.25, 0.3) is 0 Å². The fourth-order valence-electron chi connectivity index (χ4n) is 2.04. The number of carbonyl (C=O) groups is 2. The first-order valence-corrected chi connectivity index (χ1v) is 8.51. The van der Waals surface area contributed by atoms with E-state index in [9.17, 15) is 9.59 Å². The fraction of sp³-hybridized carbons (Fsp3) is 0.579. The lowest BCUT2D eigenvalue weighted by molar-refractivity contribution is -0.133. The van der Waals surface area contributed by atoms with Crippen LogP contribution in [0.3, 0.4) is 0 Å². The minimum Gasteiger partial charge on any atom is -0.380 e. The number of nitrogens with one attached hydrogen (secondary N) is 3. The third-order valence-electron chi connectivity index (χ3n) is 3.85. The molecule has 0 aliphatic rings. The van der Waals surface area contributed by atoms with Gasteiger partial charge in [-0.1, -0.05) is 52.8 Å². The van der Waals surface area contributed by atoms with Crippen molar-refractivity contribution in [2.75, 3.05) is 11.9 Å². The van der Waals surface area contributed by atoms with Crippen molar-refractivity contribution >= 4 is 17.5 Å². The molecule has 3 N–H and O–H groups in total. The van der Waals surface area contributed by atoms with Crippen LogP contribution in [0.4, 0.5) is 5.69 Å². The Morgan fingerprint density at radius 2 is 1.62 bits per heavy atom. The highest BCUT2D eigenvalue weighted by Crippen LogP contribution is 2.13. The van der Waals surface area contributed by atoms with Crippen LogP contribution in [0.2, 0.25) is 0 Å². The molecule has 5 heteroatoms. The van der Waals surface area contributed by atoms with E-state index in [1.807, 2.05) is 51.1 Å². The van der Waals surface area contributed by atoms with Crippen LogP contribution in [0, 0.1) is 11.3 Å². The van der Waals surface area contributed by atoms with Crippen LogP contribution in [-0.4, -0.2) is 30.4 Å². The van der Waals surface area contributed by atoms with Gasteiger partial charge in [-0.2, -0.15) is 0 Å². The number of para-hydroxylation sites is 1. The molecule has 0 heterocycles. The van der Waals surface area contributed by atoms with E-state index in [4.69, 9.17) is 0 Å². The molecule has 2 unspecified atom stereocenters. The van der Waals surface area contributed by atoms with Gasteiger partial charge in [-0.3, -0.25) is 9.59 Å². The molecule has 0 spiro atoms. The highest BCUT2D eigenvalue weighted by Gasteiger charge is 2.25. The monoisotopic (exact) mass is 333 g/mol. The van der Waals surface area contributed by atoms with Gasteiger partial charge >= 0.3 is 0 Å². The summed E-state index contributed by atoms with van der Waals surface area (Å²) in [7, 11) is 0. The predicted octanol–water partition coefficient (Wildman–Crippen LogP) is 2.79. The number of benzene rings is 1. The average Bonchev–Trinajstić information content (AvgIpc) is 2.50. The van der Waals surface area contributed by atoms with Gasteiger partial charge in [0.1, 0.15) is 6.04 Å². The molecule has 0 saturated carbocycles. The number of rotatable bonds is 7. The molecule has 2 atom stereocenters. The molecule has 0 fully saturated rings. The number of amides is 2. The average molecular weight is 333 g/mol. The molecule has 1 rings (SSSR count). The predicted molar refractivity (Wildman–Crippen MR) is 98.8 cm³/mol. The summed E-state index contributed by atoms with van der Waals surface area (Å²) in [4.78, 5) is 24.2. The molecule has 2 amide bonds. The molecule has 1 aromatic rings. The molecule has 134 valence electrons. The first-order valence-electron chi connectivity index (χ1n) is 8.51. The lowest BCUT2D eigenvalue weighted by Crippen LogP contribution is -2.50. The molecule has 5 nitrogen and oxygen atoms in total. The Morgan fingerprint density at radius 1 is 1.04 bits per heavy atom. The van der Waals surface area contributed by atoms with Crippen LogP contribution in [-0.2, 0) is 9.59 Å². The minimum atomic E-state index is -0.554. The van der Waals surface area contributed by atoms with Crippen LogP contribution in [0.25, 0.3) is 0 Å². The van der Waals surface area contributed by atoms with Crippen LogP contribution in [0.15, 0.2) is 30.3 Å². The number of carbonyl (C=O) groups excluding carboxylic acids is 2. The quantitative estimate of drug-likeness (QED) is 0.718. The Morgan fingerprint density at radius 3 is 2.12 bits per heavy atom. The second-order valence-corrected chi connectivity index (χ2v) is 7.55. The van der Waals surface area contributed by atoms with Crippen molar-refractivity contribution in [1.29, 1.82) is 0 Å². The SMILES string of the molecule is CC(NC(=O)C(C)(C)C)C(=O)NCC(Nc1ccccc1)C(C)C. The summed E-state index contributed by atoms with van der Waals surface area (Å²) >= 11 is 0. The molecule has 0 bridgehead atoms. The minimum absolute atomic E-state index is 0.113. The first-order chi connectivity index (χ1) is 11.1. The first kappa shape index (κ1) is 20.0. The van der Waals surface area contributed by atoms with Gasteiger partial charge < -0.3 is 16.0 Å². The highest BCUT2D eigenvalue weighted by atomic mass is 16.2. The Kier molecular flexibility index (Phi) is 7.26. The smallest absolute Gasteiger partial charge is 0.242 e. The zero-order chi connectivity index (χ0) is 18.3. The van der Waals surface area contributed by atoms with Gasteiger partial charge in [0, 0.05) is 23.7 Å². The van der Waals surface area contributed by atoms with Crippen LogP contribution in [0.5, 0.6) is 0 Å². The van der Waals surface area contributed by atoms with E-state index in [1.165, 1.54) is 0 Å². The maximum absolute atomic E-state index is 12.2. The van der Waals surface area contributed by atoms with Gasteiger partial charge in [-0.05, 0) is 25.0 Å². The van der Waals surface area contributed by atoms with Crippen molar-refractivity contribution in [3.8, 4) is 0 Å². The van der Waals surface area contributed by atoms with Crippen LogP contribution in [0.1, 0.15) is 41.5 Å². The summed E-state index contributed by atoms with van der Waals surface area (Å²) in [5, 5.41) is 9.11. The van der Waals surface area contributed by atoms with Crippen molar-refractivity contribution in [2.24, 2.45) is 11.3 Å². The zero-order valence-corrected chi connectivity index (χ0v) is 15.6. The Hall–Kier alpha value is -2.04. The number of hydrogen-bond acceptors (Lipinski definition) is 3. The van der Waals surface area contributed by atoms with Crippen LogP contribution >= 0.6 is 0 Å². The molecule has 1 aromatic carbocycles. The normalized spacial score (nSPS) is 14.0. The van der Waals surface area contributed by atoms with Crippen molar-refractivity contribution in [3.05, 3.63) is 30.3 Å². The molecule has 0 aromatic heterocycles. The summed E-state index contributed by atoms with van der Waals surface area (Å²) in [6, 6.07) is 9.48. The van der Waals surface area contributed by atoms with Gasteiger partial charge in [0.15, 0.2) is 0 Å². The summed E-state index contributed by atoms with van der Waals surface area (Å²) in [5.41, 5.74) is 0.517. The van der Waals surface area contributed by atoms with Gasteiger partial charge in [0.05, 0.1) is 0 Å². The Balaban J connectivity index is 2.54. The largest absolute Gasteiger partial charge is 0.380 e. The number of hydrogen-bond donors (Lipinski definition) is 3. The molecule has 24 heavy (non-hydrogen) atoms. The third-order valence-corrected chi connectivity index (χ3v) is 3.85. The van der Waals surface area contributed by atoms with E-state index in [1.54, 1.807) is 6.92 Å². The number of anilines is 1. The Labute approximate surface area is 145 Å². The topological polar surface area (TPSA) is 70.2 Å². The second kappa shape index (κ2) is 8.71. The lowest BCUT2D eigenvalue weighted by Gasteiger charge is -2.26. The standard InChI is InChI=1S/C19H31N3O2/c1-13(2)16(22-15-10-8-7-9-11-15)12-20-17(23)14(3)21-18(24)19(4,5)6/h7-11,13-14,16,22H,12H2,1-6H3,(H,20,23)(H,21,24). The van der Waals surface area contributed by atoms with Gasteiger partial charge in [0.2, 0.25) is 11.8 Å². The van der Waals surface area contributed by atoms with E-state index < -0.39 is 11.5 Å². The molecular formula is C19H31N3O2. The van der Waals surface area contributed by atoms with Crippen molar-refractivity contribution in [3.63, 3.8) is 0 Å². The fourth-order valence-corrected chi connectivity index (χ4v) is 2.04. The maximum Gasteiger partial charge on any atom is 0.242 e. The molecule has 0 radical (unpaired) electrons. The maximum atomic E-state index is 12.2. The lowest BCUT2D eigenvalue weighted by atomic mass is 9.95. The van der Waals surface area contributed by atoms with Crippen molar-refractivity contribution in [1.82, 2.24) is 10.6 Å². The zero-order valence-electron chi connectivity index (χ0n) is 15.6. The summed E-state index contributed by atoms with van der Waals surface area (Å²) < 4.78 is 0. The summed E-state index contributed by atoms with van der Waals surface area (Å²) in [6.07, 6.45) is 0. The molecular weight excluding hydrogens is 302 g/mol. The molecule has 0 aliphatic heterocycles. The van der Waals surface area contributed by atoms with Gasteiger partial charge in [-0.15, -0.1) is 0 Å². The third kappa shape index (κ3) is 6.60. The second-order valence-electron chi connectivity index (χ2n) is 7.55. The molecule has 0 aliphatic carbocycles. The summed E-state index contributed by atoms with van der Waals surface area (Å²) in [5.74, 6) is 0.0473. The van der Waals surface area contributed by atoms with E-state index in [0.29, 0.717) is 12.5 Å². The molecule has 0 saturated heterocycles. The van der Waals surface area contributed by atoms with E-state index >= 15 is 0 Å². The Bertz CT molecular complexity index is 535. The van der Waals surface area contributed by atoms with Crippen LogP contribution < -0.4 is 16.0 Å². The highest BCUT2D eigenvalue weighted by molar-refractivity contribution is 5.89. The van der Waals surface area contributed by atoms with E-state index in [0.717, 1.165) is 5.69 Å².